The lowest BCUT2D eigenvalue weighted by molar-refractivity contribution is -0.164. The Morgan fingerprint density at radius 1 is 0.957 bits per heavy atom. The predicted octanol–water partition coefficient (Wildman–Crippen LogP) is 8.05. The molecule has 15 nitrogen and oxygen atoms in total. The van der Waals surface area contributed by atoms with Crippen LogP contribution >= 0.6 is 11.6 Å². The Morgan fingerprint density at radius 2 is 1.70 bits per heavy atom. The van der Waals surface area contributed by atoms with Gasteiger partial charge in [0.05, 0.1) is 34.9 Å². The van der Waals surface area contributed by atoms with E-state index in [2.05, 4.69) is 73.5 Å². The molecule has 18 heteroatoms. The largest absolute Gasteiger partial charge is 0.489 e. The van der Waals surface area contributed by atoms with Crippen molar-refractivity contribution in [2.24, 2.45) is 17.9 Å². The molecule has 362 valence electrons. The summed E-state index contributed by atoms with van der Waals surface area (Å²) in [6.07, 6.45) is 8.83. The topological polar surface area (TPSA) is 154 Å². The second-order valence-electron chi connectivity index (χ2n) is 20.6. The van der Waals surface area contributed by atoms with Crippen molar-refractivity contribution in [1.29, 1.82) is 5.26 Å². The molecule has 69 heavy (non-hydrogen) atoms. The predicted molar refractivity (Wildman–Crippen MR) is 258 cm³/mol. The fraction of sp³-hybridized carbons (Fsp3) is 0.510. The maximum Gasteiger partial charge on any atom is 0.264 e. The number of hydrogen-bond donors (Lipinski definition) is 1. The minimum Gasteiger partial charge on any atom is -0.489 e. The summed E-state index contributed by atoms with van der Waals surface area (Å²) in [4.78, 5) is 44.4. The van der Waals surface area contributed by atoms with E-state index in [1.165, 1.54) is 0 Å². The Balaban J connectivity index is 0.788. The molecule has 0 radical (unpaired) electrons. The molecule has 4 aliphatic heterocycles. The van der Waals surface area contributed by atoms with Gasteiger partial charge in [-0.15, -0.1) is 0 Å². The van der Waals surface area contributed by atoms with E-state index >= 15 is 0 Å². The molecule has 5 aliphatic rings. The number of likely N-dealkylation sites (tertiary alicyclic amines) is 1. The van der Waals surface area contributed by atoms with Crippen LogP contribution in [0.3, 0.4) is 0 Å². The van der Waals surface area contributed by atoms with E-state index in [-0.39, 0.29) is 35.6 Å². The van der Waals surface area contributed by atoms with E-state index in [0.717, 1.165) is 86.6 Å². The number of amides is 2. The fourth-order valence-corrected chi connectivity index (χ4v) is 12.4. The maximum atomic E-state index is 14.8. The van der Waals surface area contributed by atoms with E-state index < -0.39 is 17.3 Å². The van der Waals surface area contributed by atoms with Gasteiger partial charge >= 0.3 is 0 Å². The number of alkyl halides is 2. The first-order valence-electron chi connectivity index (χ1n) is 24.1. The molecular formula is C51H59ClF2N12O3. The highest BCUT2D eigenvalue weighted by atomic mass is 35.5. The molecule has 2 aromatic carbocycles. The van der Waals surface area contributed by atoms with E-state index in [1.54, 1.807) is 67.7 Å². The van der Waals surface area contributed by atoms with Gasteiger partial charge < -0.3 is 24.8 Å². The van der Waals surface area contributed by atoms with Crippen LogP contribution in [-0.2, 0) is 31.2 Å². The zero-order chi connectivity index (χ0) is 48.5. The third-order valence-corrected chi connectivity index (χ3v) is 15.8. The summed E-state index contributed by atoms with van der Waals surface area (Å²) in [6.45, 7) is 15.0. The van der Waals surface area contributed by atoms with Crippen molar-refractivity contribution in [3.8, 4) is 22.9 Å². The van der Waals surface area contributed by atoms with Gasteiger partial charge in [0.25, 0.3) is 12.3 Å². The Bertz CT molecular complexity index is 2810. The van der Waals surface area contributed by atoms with E-state index in [9.17, 15) is 23.6 Å². The Kier molecular flexibility index (Phi) is 12.2. The minimum absolute atomic E-state index is 0.0112. The molecule has 1 atom stereocenters. The third-order valence-electron chi connectivity index (χ3n) is 15.5. The lowest BCUT2D eigenvalue weighted by Gasteiger charge is -2.63. The van der Waals surface area contributed by atoms with Crippen molar-refractivity contribution in [2.45, 2.75) is 110 Å². The number of piperidine rings is 1. The zero-order valence-corrected chi connectivity index (χ0v) is 40.8. The standard InChI is InChI=1S/C51H59ClF2N12O3/c1-30(67)63-19-14-42-40(29-63)45(65-15-7-8-31-20-38(34-26-58-61(6)27-34)39(44(53)54)22-43(31)65)60-66(42)35-11-16-62(17-12-35)36-13-18-64(28-36)49-56-24-33(25-57-49)46(68)59-47-50(2,3)48(51(47,4)5)69-37-10-9-32(23-55)41(52)21-37/h9-10,20-22,24-27,35-36,44,47-48H,7-8,11-19,28-29H2,1-6H3,(H,59,68)/t36-,47?,48?/m1/s1. The molecule has 3 fully saturated rings. The van der Waals surface area contributed by atoms with E-state index in [0.29, 0.717) is 71.1 Å². The van der Waals surface area contributed by atoms with Crippen molar-refractivity contribution in [3.63, 3.8) is 0 Å². The number of ether oxygens (including phenoxy) is 1. The summed E-state index contributed by atoms with van der Waals surface area (Å²) in [7, 11) is 1.78. The van der Waals surface area contributed by atoms with Crippen molar-refractivity contribution in [3.05, 3.63) is 93.7 Å². The molecule has 2 saturated heterocycles. The Hall–Kier alpha value is -6.12. The van der Waals surface area contributed by atoms with E-state index in [4.69, 9.17) is 21.4 Å². The highest BCUT2D eigenvalue weighted by Gasteiger charge is 2.64. The van der Waals surface area contributed by atoms with Gasteiger partial charge in [-0.05, 0) is 67.5 Å². The van der Waals surface area contributed by atoms with Crippen molar-refractivity contribution < 1.29 is 23.1 Å². The molecule has 7 heterocycles. The van der Waals surface area contributed by atoms with Crippen LogP contribution in [0, 0.1) is 22.2 Å². The van der Waals surface area contributed by atoms with Crippen LogP contribution in [-0.4, -0.2) is 109 Å². The van der Waals surface area contributed by atoms with Gasteiger partial charge in [0.2, 0.25) is 11.9 Å². The molecule has 1 aliphatic carbocycles. The molecule has 1 N–H and O–H groups in total. The lowest BCUT2D eigenvalue weighted by atomic mass is 9.49. The molecule has 0 spiro atoms. The normalized spacial score (nSPS) is 22.2. The van der Waals surface area contributed by atoms with Crippen molar-refractivity contribution in [2.75, 3.05) is 49.1 Å². The molecule has 0 bridgehead atoms. The summed E-state index contributed by atoms with van der Waals surface area (Å²) >= 11 is 6.28. The van der Waals surface area contributed by atoms with E-state index in [1.807, 2.05) is 11.0 Å². The number of carbonyl (C=O) groups is 2. The number of rotatable bonds is 10. The smallest absolute Gasteiger partial charge is 0.264 e. The summed E-state index contributed by atoms with van der Waals surface area (Å²) < 4.78 is 39.8. The highest BCUT2D eigenvalue weighted by molar-refractivity contribution is 6.31. The number of nitrogens with zero attached hydrogens (tertiary/aromatic N) is 11. The van der Waals surface area contributed by atoms with Crippen LogP contribution in [0.15, 0.2) is 55.1 Å². The average Bonchev–Trinajstić information content (AvgIpc) is 4.11. The Labute approximate surface area is 406 Å². The average molecular weight is 962 g/mol. The van der Waals surface area contributed by atoms with Crippen LogP contribution in [0.5, 0.6) is 5.75 Å². The molecule has 2 amide bonds. The summed E-state index contributed by atoms with van der Waals surface area (Å²) in [5.74, 6) is 1.72. The number of aromatic nitrogens is 6. The number of carbonyl (C=O) groups excluding carboxylic acids is 2. The van der Waals surface area contributed by atoms with Crippen LogP contribution in [0.4, 0.5) is 26.2 Å². The number of nitrogens with one attached hydrogen (secondary N) is 1. The monoisotopic (exact) mass is 960 g/mol. The number of fused-ring (bicyclic) bond motifs is 2. The number of anilines is 3. The first-order chi connectivity index (χ1) is 33.0. The van der Waals surface area contributed by atoms with Crippen LogP contribution in [0.25, 0.3) is 11.1 Å². The molecule has 3 aromatic heterocycles. The number of benzene rings is 2. The van der Waals surface area contributed by atoms with Crippen molar-refractivity contribution >= 4 is 40.9 Å². The molecular weight excluding hydrogens is 902 g/mol. The van der Waals surface area contributed by atoms with Gasteiger partial charge in [0, 0.05) is 135 Å². The minimum atomic E-state index is -2.67. The van der Waals surface area contributed by atoms with Gasteiger partial charge in [-0.2, -0.15) is 15.5 Å². The second kappa shape index (κ2) is 18.0. The first-order valence-corrected chi connectivity index (χ1v) is 24.4. The molecule has 5 aromatic rings. The van der Waals surface area contributed by atoms with Gasteiger partial charge in [-0.1, -0.05) is 39.3 Å². The van der Waals surface area contributed by atoms with Crippen molar-refractivity contribution in [1.82, 2.24) is 44.6 Å². The highest BCUT2D eigenvalue weighted by Crippen LogP contribution is 2.56. The quantitative estimate of drug-likeness (QED) is 0.145. The van der Waals surface area contributed by atoms with Crippen LogP contribution < -0.4 is 19.9 Å². The maximum absolute atomic E-state index is 14.8. The lowest BCUT2D eigenvalue weighted by Crippen LogP contribution is -2.74. The first kappa shape index (κ1) is 46.6. The molecule has 0 unspecified atom stereocenters. The third kappa shape index (κ3) is 8.47. The fourth-order valence-electron chi connectivity index (χ4n) is 12.2. The number of halogens is 3. The zero-order valence-electron chi connectivity index (χ0n) is 40.1. The van der Waals surface area contributed by atoms with Gasteiger partial charge in [-0.25, -0.2) is 18.7 Å². The van der Waals surface area contributed by atoms with Gasteiger partial charge in [0.1, 0.15) is 17.9 Å². The Morgan fingerprint density at radius 3 is 2.36 bits per heavy atom. The second-order valence-corrected chi connectivity index (χ2v) is 21.0. The van der Waals surface area contributed by atoms with Gasteiger partial charge in [-0.3, -0.25) is 23.9 Å². The SMILES string of the molecule is CC(=O)N1CCc2c(c(N3CCCc4cc(-c5cnn(C)c5)c(C(F)F)cc43)nn2C2CCN([C@@H]3CCN(c4ncc(C(=O)NC5C(C)(C)C(Oc6ccc(C#N)c(Cl)c6)C5(C)C)cn4)C3)CC2)C1. The summed E-state index contributed by atoms with van der Waals surface area (Å²) in [5.41, 5.74) is 5.03. The number of aryl methyl sites for hydroxylation is 2. The van der Waals surface area contributed by atoms with Crippen LogP contribution in [0.2, 0.25) is 5.02 Å². The molecule has 10 rings (SSSR count). The number of hydrogen-bond acceptors (Lipinski definition) is 11. The van der Waals surface area contributed by atoms with Crippen LogP contribution in [0.1, 0.15) is 111 Å². The summed E-state index contributed by atoms with van der Waals surface area (Å²) in [6, 6.07) is 11.0. The number of nitriles is 1. The van der Waals surface area contributed by atoms with Gasteiger partial charge in [0.15, 0.2) is 5.82 Å². The molecule has 1 saturated carbocycles. The summed E-state index contributed by atoms with van der Waals surface area (Å²) in [5, 5.41) is 22.4.